The monoisotopic (exact) mass is 310 g/mol. The standard InChI is InChI=1S/C12H10N2O4S2/c1-2-18-7-10-11(15)13(12(19)20-10)8-4-3-5-9(6-8)14(16)17/h3-7H,2H2,1H3. The summed E-state index contributed by atoms with van der Waals surface area (Å²) in [5.74, 6) is -0.339. The van der Waals surface area contributed by atoms with Crippen LogP contribution in [0.2, 0.25) is 0 Å². The number of hydrogen-bond donors (Lipinski definition) is 0. The molecule has 1 amide bonds. The molecule has 0 aliphatic carbocycles. The molecule has 1 aromatic rings. The molecule has 6 nitrogen and oxygen atoms in total. The van der Waals surface area contributed by atoms with Crippen LogP contribution in [-0.4, -0.2) is 21.8 Å². The Hall–Kier alpha value is -1.93. The summed E-state index contributed by atoms with van der Waals surface area (Å²) in [6.45, 7) is 2.25. The molecule has 1 heterocycles. The van der Waals surface area contributed by atoms with Crippen molar-refractivity contribution in [1.29, 1.82) is 0 Å². The zero-order valence-corrected chi connectivity index (χ0v) is 12.1. The average molecular weight is 310 g/mol. The molecule has 20 heavy (non-hydrogen) atoms. The molecule has 0 atom stereocenters. The highest BCUT2D eigenvalue weighted by Crippen LogP contribution is 2.35. The van der Waals surface area contributed by atoms with Gasteiger partial charge in [0.1, 0.15) is 11.2 Å². The van der Waals surface area contributed by atoms with E-state index < -0.39 is 4.92 Å². The van der Waals surface area contributed by atoms with Crippen LogP contribution in [0.1, 0.15) is 6.92 Å². The average Bonchev–Trinajstić information content (AvgIpc) is 2.71. The van der Waals surface area contributed by atoms with Crippen LogP contribution in [0.25, 0.3) is 0 Å². The summed E-state index contributed by atoms with van der Waals surface area (Å²) in [6.07, 6.45) is 1.36. The first kappa shape index (κ1) is 14.5. The summed E-state index contributed by atoms with van der Waals surface area (Å²) >= 11 is 6.24. The van der Waals surface area contributed by atoms with Gasteiger partial charge in [-0.3, -0.25) is 19.8 Å². The minimum absolute atomic E-state index is 0.0923. The Morgan fingerprint density at radius 2 is 2.30 bits per heavy atom. The third kappa shape index (κ3) is 2.81. The number of anilines is 1. The predicted molar refractivity (Wildman–Crippen MR) is 80.5 cm³/mol. The number of nitrogens with zero attached hydrogens (tertiary/aromatic N) is 2. The lowest BCUT2D eigenvalue weighted by molar-refractivity contribution is -0.384. The fourth-order valence-corrected chi connectivity index (χ4v) is 2.80. The van der Waals surface area contributed by atoms with Crippen molar-refractivity contribution in [2.75, 3.05) is 11.5 Å². The van der Waals surface area contributed by atoms with Crippen molar-refractivity contribution in [3.63, 3.8) is 0 Å². The number of thiocarbonyl (C=S) groups is 1. The molecule has 0 spiro atoms. The van der Waals surface area contributed by atoms with Gasteiger partial charge in [-0.25, -0.2) is 0 Å². The van der Waals surface area contributed by atoms with Crippen molar-refractivity contribution in [2.45, 2.75) is 6.92 Å². The molecule has 8 heteroatoms. The summed E-state index contributed by atoms with van der Waals surface area (Å²) in [4.78, 5) is 24.1. The van der Waals surface area contributed by atoms with Crippen molar-refractivity contribution >= 4 is 45.6 Å². The van der Waals surface area contributed by atoms with Gasteiger partial charge in [-0.05, 0) is 13.0 Å². The summed E-state index contributed by atoms with van der Waals surface area (Å²) in [5, 5.41) is 10.8. The van der Waals surface area contributed by atoms with Gasteiger partial charge in [0, 0.05) is 12.1 Å². The smallest absolute Gasteiger partial charge is 0.273 e. The van der Waals surface area contributed by atoms with Crippen LogP contribution < -0.4 is 4.90 Å². The van der Waals surface area contributed by atoms with E-state index in [1.807, 2.05) is 0 Å². The number of hydrogen-bond acceptors (Lipinski definition) is 6. The molecule has 0 radical (unpaired) electrons. The van der Waals surface area contributed by atoms with E-state index in [9.17, 15) is 14.9 Å². The predicted octanol–water partition coefficient (Wildman–Crippen LogP) is 2.84. The Balaban J connectivity index is 2.33. The number of nitro benzene ring substituents is 1. The highest BCUT2D eigenvalue weighted by atomic mass is 32.2. The molecule has 1 aliphatic heterocycles. The molecule has 1 saturated heterocycles. The number of rotatable bonds is 4. The van der Waals surface area contributed by atoms with Gasteiger partial charge in [0.05, 0.1) is 17.2 Å². The Kier molecular flexibility index (Phi) is 4.35. The number of thioether (sulfide) groups is 1. The van der Waals surface area contributed by atoms with Crippen LogP contribution in [-0.2, 0) is 9.53 Å². The molecular weight excluding hydrogens is 300 g/mol. The van der Waals surface area contributed by atoms with E-state index in [0.29, 0.717) is 21.5 Å². The van der Waals surface area contributed by atoms with Crippen molar-refractivity contribution < 1.29 is 14.5 Å². The van der Waals surface area contributed by atoms with E-state index in [1.54, 1.807) is 13.0 Å². The molecule has 104 valence electrons. The fraction of sp³-hybridized carbons (Fsp3) is 0.167. The van der Waals surface area contributed by atoms with Crippen LogP contribution >= 0.6 is 24.0 Å². The lowest BCUT2D eigenvalue weighted by Gasteiger charge is -2.13. The third-order valence-electron chi connectivity index (χ3n) is 2.45. The molecule has 0 N–H and O–H groups in total. The maximum absolute atomic E-state index is 12.2. The topological polar surface area (TPSA) is 72.7 Å². The fourth-order valence-electron chi connectivity index (χ4n) is 1.58. The second-order valence-electron chi connectivity index (χ2n) is 3.72. The second kappa shape index (κ2) is 6.02. The van der Waals surface area contributed by atoms with Gasteiger partial charge in [-0.2, -0.15) is 0 Å². The zero-order chi connectivity index (χ0) is 14.7. The van der Waals surface area contributed by atoms with Gasteiger partial charge in [-0.1, -0.05) is 30.0 Å². The van der Waals surface area contributed by atoms with Gasteiger partial charge < -0.3 is 4.74 Å². The van der Waals surface area contributed by atoms with Crippen LogP contribution in [0, 0.1) is 10.1 Å². The molecule has 0 aromatic heterocycles. The number of amides is 1. The van der Waals surface area contributed by atoms with E-state index >= 15 is 0 Å². The maximum atomic E-state index is 12.2. The van der Waals surface area contributed by atoms with Gasteiger partial charge >= 0.3 is 0 Å². The van der Waals surface area contributed by atoms with Crippen LogP contribution in [0.3, 0.4) is 0 Å². The Labute approximate surface area is 124 Å². The van der Waals surface area contributed by atoms with Crippen molar-refractivity contribution in [3.05, 3.63) is 45.5 Å². The highest BCUT2D eigenvalue weighted by molar-refractivity contribution is 8.27. The van der Waals surface area contributed by atoms with Gasteiger partial charge in [0.15, 0.2) is 4.32 Å². The van der Waals surface area contributed by atoms with E-state index in [4.69, 9.17) is 17.0 Å². The quantitative estimate of drug-likeness (QED) is 0.280. The van der Waals surface area contributed by atoms with Crippen molar-refractivity contribution in [2.24, 2.45) is 0 Å². The number of non-ortho nitro benzene ring substituents is 1. The van der Waals surface area contributed by atoms with Crippen LogP contribution in [0.15, 0.2) is 35.4 Å². The molecule has 1 aliphatic rings. The first-order valence-electron chi connectivity index (χ1n) is 5.67. The number of benzene rings is 1. The minimum Gasteiger partial charge on any atom is -0.500 e. The van der Waals surface area contributed by atoms with E-state index in [2.05, 4.69) is 0 Å². The summed E-state index contributed by atoms with van der Waals surface area (Å²) in [5.41, 5.74) is 0.284. The Morgan fingerprint density at radius 1 is 1.55 bits per heavy atom. The molecule has 0 bridgehead atoms. The number of nitro groups is 1. The molecular formula is C12H10N2O4S2. The summed E-state index contributed by atoms with van der Waals surface area (Å²) < 4.78 is 5.40. The molecule has 1 aromatic carbocycles. The third-order valence-corrected chi connectivity index (χ3v) is 3.73. The van der Waals surface area contributed by atoms with Crippen LogP contribution in [0.4, 0.5) is 11.4 Å². The SMILES string of the molecule is CCOC=C1SC(=S)N(c2cccc([N+](=O)[O-])c2)C1=O. The summed E-state index contributed by atoms with van der Waals surface area (Å²) in [7, 11) is 0. The molecule has 1 fully saturated rings. The van der Waals surface area contributed by atoms with E-state index in [1.165, 1.54) is 29.4 Å². The normalized spacial score (nSPS) is 16.9. The van der Waals surface area contributed by atoms with Gasteiger partial charge in [0.2, 0.25) is 0 Å². The maximum Gasteiger partial charge on any atom is 0.273 e. The Bertz CT molecular complexity index is 615. The zero-order valence-electron chi connectivity index (χ0n) is 10.4. The largest absolute Gasteiger partial charge is 0.500 e. The van der Waals surface area contributed by atoms with Crippen LogP contribution in [0.5, 0.6) is 0 Å². The summed E-state index contributed by atoms with van der Waals surface area (Å²) in [6, 6.07) is 5.78. The van der Waals surface area contributed by atoms with Crippen molar-refractivity contribution in [3.8, 4) is 0 Å². The van der Waals surface area contributed by atoms with Gasteiger partial charge in [-0.15, -0.1) is 0 Å². The van der Waals surface area contributed by atoms with E-state index in [0.717, 1.165) is 11.8 Å². The number of ether oxygens (including phenoxy) is 1. The number of carbonyl (C=O) groups excluding carboxylic acids is 1. The minimum atomic E-state index is -0.517. The lowest BCUT2D eigenvalue weighted by Crippen LogP contribution is -2.27. The second-order valence-corrected chi connectivity index (χ2v) is 5.40. The lowest BCUT2D eigenvalue weighted by atomic mass is 10.2. The van der Waals surface area contributed by atoms with E-state index in [-0.39, 0.29) is 11.6 Å². The highest BCUT2D eigenvalue weighted by Gasteiger charge is 2.34. The van der Waals surface area contributed by atoms with Gasteiger partial charge in [0.25, 0.3) is 11.6 Å². The Morgan fingerprint density at radius 3 is 2.95 bits per heavy atom. The molecule has 0 unspecified atom stereocenters. The number of carbonyl (C=O) groups is 1. The van der Waals surface area contributed by atoms with Crippen molar-refractivity contribution in [1.82, 2.24) is 0 Å². The first-order chi connectivity index (χ1) is 9.54. The molecule has 2 rings (SSSR count). The first-order valence-corrected chi connectivity index (χ1v) is 6.89. The molecule has 0 saturated carbocycles.